The number of rotatable bonds is 1. The summed E-state index contributed by atoms with van der Waals surface area (Å²) >= 11 is 0. The zero-order valence-electron chi connectivity index (χ0n) is 4.35. The summed E-state index contributed by atoms with van der Waals surface area (Å²) in [7, 11) is 0. The molecule has 39 valence electrons. The molecule has 1 heteroatoms. The predicted octanol–water partition coefficient (Wildman–Crippen LogP) is 0.654. The van der Waals surface area contributed by atoms with Crippen molar-refractivity contribution in [2.75, 3.05) is 6.54 Å². The Morgan fingerprint density at radius 2 is 2.57 bits per heavy atom. The highest BCUT2D eigenvalue weighted by molar-refractivity contribution is 4.88. The molecule has 1 aliphatic rings. The lowest BCUT2D eigenvalue weighted by atomic mass is 10.2. The summed E-state index contributed by atoms with van der Waals surface area (Å²) in [6, 6.07) is 0.500. The predicted molar refractivity (Wildman–Crippen MR) is 29.6 cm³/mol. The average Bonchev–Trinajstić information content (AvgIpc) is 2.14. The molecule has 1 aliphatic heterocycles. The summed E-state index contributed by atoms with van der Waals surface area (Å²) < 4.78 is 0. The fourth-order valence-corrected chi connectivity index (χ4v) is 0.876. The van der Waals surface area contributed by atoms with Crippen molar-refractivity contribution in [3.63, 3.8) is 0 Å². The van der Waals surface area contributed by atoms with Crippen LogP contribution in [0.5, 0.6) is 0 Å². The summed E-state index contributed by atoms with van der Waals surface area (Å²) in [5.41, 5.74) is 0. The first kappa shape index (κ1) is 5.10. The van der Waals surface area contributed by atoms with Gasteiger partial charge in [0.2, 0.25) is 0 Å². The van der Waals surface area contributed by atoms with E-state index in [0.717, 1.165) is 6.54 Å². The van der Waals surface area contributed by atoms with Gasteiger partial charge in [-0.2, -0.15) is 0 Å². The van der Waals surface area contributed by atoms with Crippen molar-refractivity contribution in [1.29, 1.82) is 0 Å². The van der Waals surface area contributed by atoms with Crippen LogP contribution in [-0.2, 0) is 0 Å². The molecule has 0 aromatic carbocycles. The van der Waals surface area contributed by atoms with E-state index >= 15 is 0 Å². The molecule has 1 atom stereocenters. The molecule has 1 heterocycles. The standard InChI is InChI=1S/C6H10N/c1-2-6-4-3-5-7-6/h1-2,6-7H,3-5H2. The molecule has 0 saturated carbocycles. The SMILES string of the molecule is [CH][CH]C1CCCN1. The van der Waals surface area contributed by atoms with Crippen LogP contribution in [0.1, 0.15) is 12.8 Å². The minimum absolute atomic E-state index is 0.500. The van der Waals surface area contributed by atoms with Gasteiger partial charge in [-0.1, -0.05) is 0 Å². The van der Waals surface area contributed by atoms with Crippen LogP contribution < -0.4 is 5.32 Å². The summed E-state index contributed by atoms with van der Waals surface area (Å²) in [5.74, 6) is 0. The zero-order chi connectivity index (χ0) is 5.11. The first-order valence-electron chi connectivity index (χ1n) is 2.72. The van der Waals surface area contributed by atoms with E-state index < -0.39 is 0 Å². The molecular formula is C6H10N. The van der Waals surface area contributed by atoms with Crippen molar-refractivity contribution in [3.05, 3.63) is 13.3 Å². The third-order valence-corrected chi connectivity index (χ3v) is 1.33. The maximum absolute atomic E-state index is 5.25. The molecule has 0 aromatic heterocycles. The lowest BCUT2D eigenvalue weighted by Crippen LogP contribution is -2.20. The van der Waals surface area contributed by atoms with Crippen molar-refractivity contribution < 1.29 is 0 Å². The van der Waals surface area contributed by atoms with E-state index in [2.05, 4.69) is 5.32 Å². The van der Waals surface area contributed by atoms with Crippen LogP contribution in [0.3, 0.4) is 0 Å². The second kappa shape index (κ2) is 2.31. The smallest absolute Gasteiger partial charge is 0.0102 e. The van der Waals surface area contributed by atoms with E-state index in [4.69, 9.17) is 6.92 Å². The topological polar surface area (TPSA) is 12.0 Å². The molecule has 0 bridgehead atoms. The van der Waals surface area contributed by atoms with E-state index in [1.54, 1.807) is 6.42 Å². The van der Waals surface area contributed by atoms with E-state index in [9.17, 15) is 0 Å². The van der Waals surface area contributed by atoms with Crippen LogP contribution in [0.25, 0.3) is 0 Å². The van der Waals surface area contributed by atoms with E-state index in [-0.39, 0.29) is 0 Å². The van der Waals surface area contributed by atoms with Crippen molar-refractivity contribution in [3.8, 4) is 0 Å². The minimum Gasteiger partial charge on any atom is -0.314 e. The number of nitrogens with one attached hydrogen (secondary N) is 1. The fourth-order valence-electron chi connectivity index (χ4n) is 0.876. The summed E-state index contributed by atoms with van der Waals surface area (Å²) in [6.45, 7) is 6.38. The van der Waals surface area contributed by atoms with E-state index in [0.29, 0.717) is 6.04 Å². The van der Waals surface area contributed by atoms with Gasteiger partial charge in [-0.05, 0) is 32.7 Å². The Morgan fingerprint density at radius 1 is 1.71 bits per heavy atom. The molecule has 0 amide bonds. The molecule has 1 nitrogen and oxygen atoms in total. The molecule has 3 radical (unpaired) electrons. The molecule has 0 aromatic rings. The molecule has 1 saturated heterocycles. The third-order valence-electron chi connectivity index (χ3n) is 1.33. The molecule has 1 N–H and O–H groups in total. The quantitative estimate of drug-likeness (QED) is 0.505. The highest BCUT2D eigenvalue weighted by Gasteiger charge is 2.10. The molecule has 1 fully saturated rings. The number of hydrogen-bond donors (Lipinski definition) is 1. The first-order valence-corrected chi connectivity index (χ1v) is 2.72. The lowest BCUT2D eigenvalue weighted by molar-refractivity contribution is 0.697. The van der Waals surface area contributed by atoms with Crippen molar-refractivity contribution in [2.24, 2.45) is 0 Å². The molecule has 7 heavy (non-hydrogen) atoms. The molecular weight excluding hydrogens is 86.1 g/mol. The van der Waals surface area contributed by atoms with Gasteiger partial charge in [0.15, 0.2) is 0 Å². The van der Waals surface area contributed by atoms with Crippen LogP contribution in [-0.4, -0.2) is 12.6 Å². The Kier molecular flexibility index (Phi) is 1.69. The van der Waals surface area contributed by atoms with Crippen LogP contribution in [0.2, 0.25) is 0 Å². The monoisotopic (exact) mass is 96.1 g/mol. The highest BCUT2D eigenvalue weighted by Crippen LogP contribution is 2.05. The molecule has 0 spiro atoms. The Hall–Kier alpha value is -0.0400. The Morgan fingerprint density at radius 3 is 2.86 bits per heavy atom. The van der Waals surface area contributed by atoms with Crippen molar-refractivity contribution >= 4 is 0 Å². The van der Waals surface area contributed by atoms with Gasteiger partial charge in [0.1, 0.15) is 0 Å². The van der Waals surface area contributed by atoms with Crippen molar-refractivity contribution in [1.82, 2.24) is 5.32 Å². The summed E-state index contributed by atoms with van der Waals surface area (Å²) in [5, 5.41) is 3.23. The van der Waals surface area contributed by atoms with Crippen LogP contribution in [0.4, 0.5) is 0 Å². The van der Waals surface area contributed by atoms with Gasteiger partial charge in [0.25, 0.3) is 0 Å². The Balaban J connectivity index is 2.14. The highest BCUT2D eigenvalue weighted by atomic mass is 14.9. The van der Waals surface area contributed by atoms with Gasteiger partial charge in [-0.25, -0.2) is 0 Å². The van der Waals surface area contributed by atoms with Gasteiger partial charge in [-0.3, -0.25) is 0 Å². The molecule has 1 rings (SSSR count). The molecule has 0 aliphatic carbocycles. The van der Waals surface area contributed by atoms with Crippen LogP contribution in [0.15, 0.2) is 0 Å². The van der Waals surface area contributed by atoms with Gasteiger partial charge < -0.3 is 5.32 Å². The summed E-state index contributed by atoms with van der Waals surface area (Å²) in [4.78, 5) is 0. The third kappa shape index (κ3) is 1.16. The fraction of sp³-hybridized carbons (Fsp3) is 0.667. The second-order valence-corrected chi connectivity index (χ2v) is 1.90. The largest absolute Gasteiger partial charge is 0.314 e. The maximum Gasteiger partial charge on any atom is 0.0102 e. The lowest BCUT2D eigenvalue weighted by Gasteiger charge is -2.01. The zero-order valence-corrected chi connectivity index (χ0v) is 4.35. The van der Waals surface area contributed by atoms with E-state index in [1.165, 1.54) is 12.8 Å². The van der Waals surface area contributed by atoms with Gasteiger partial charge in [0.05, 0.1) is 0 Å². The van der Waals surface area contributed by atoms with E-state index in [1.807, 2.05) is 0 Å². The van der Waals surface area contributed by atoms with Gasteiger partial charge >= 0.3 is 0 Å². The van der Waals surface area contributed by atoms with Gasteiger partial charge in [0, 0.05) is 6.04 Å². The van der Waals surface area contributed by atoms with Crippen LogP contribution in [0, 0.1) is 13.3 Å². The van der Waals surface area contributed by atoms with Gasteiger partial charge in [-0.15, -0.1) is 0 Å². The number of hydrogen-bond acceptors (Lipinski definition) is 1. The second-order valence-electron chi connectivity index (χ2n) is 1.90. The average molecular weight is 96.2 g/mol. The van der Waals surface area contributed by atoms with Crippen molar-refractivity contribution in [2.45, 2.75) is 18.9 Å². The first-order chi connectivity index (χ1) is 3.43. The minimum atomic E-state index is 0.500. The Labute approximate surface area is 45.1 Å². The van der Waals surface area contributed by atoms with Crippen LogP contribution >= 0.6 is 0 Å². The summed E-state index contributed by atoms with van der Waals surface area (Å²) in [6.07, 6.45) is 4.22. The maximum atomic E-state index is 5.25. The Bertz CT molecular complexity index is 46.1. The normalized spacial score (nSPS) is 31.3. The molecule has 1 unspecified atom stereocenters.